The second-order valence-corrected chi connectivity index (χ2v) is 7.28. The van der Waals surface area contributed by atoms with Gasteiger partial charge in [-0.25, -0.2) is 4.39 Å². The molecule has 2 aromatic rings. The molecular formula is C18H21BrFNO3. The summed E-state index contributed by atoms with van der Waals surface area (Å²) in [4.78, 5) is 14.9. The molecule has 0 spiro atoms. The largest absolute Gasteiger partial charge is 0.481 e. The Balaban J connectivity index is 2.25. The molecule has 0 radical (unpaired) electrons. The summed E-state index contributed by atoms with van der Waals surface area (Å²) in [6.07, 6.45) is 3.01. The molecule has 0 bridgehead atoms. The van der Waals surface area contributed by atoms with Crippen molar-refractivity contribution in [3.63, 3.8) is 0 Å². The topological polar surface area (TPSA) is 62.3 Å². The smallest absolute Gasteiger partial charge is 0.306 e. The number of H-pyrrole nitrogens is 1. The van der Waals surface area contributed by atoms with Crippen LogP contribution in [0.1, 0.15) is 49.4 Å². The third kappa shape index (κ3) is 2.75. The van der Waals surface area contributed by atoms with Gasteiger partial charge in [0.2, 0.25) is 0 Å². The molecule has 130 valence electrons. The van der Waals surface area contributed by atoms with Gasteiger partial charge in [0.25, 0.3) is 0 Å². The van der Waals surface area contributed by atoms with Crippen molar-refractivity contribution in [1.82, 2.24) is 4.98 Å². The molecule has 2 N–H and O–H groups in total. The first kappa shape index (κ1) is 17.4. The predicted octanol–water partition coefficient (Wildman–Crippen LogP) is 4.81. The van der Waals surface area contributed by atoms with E-state index in [1.807, 2.05) is 6.92 Å². The van der Waals surface area contributed by atoms with Gasteiger partial charge in [-0.15, -0.1) is 0 Å². The molecule has 3 rings (SSSR count). The zero-order valence-corrected chi connectivity index (χ0v) is 15.4. The third-order valence-electron chi connectivity index (χ3n) is 4.83. The van der Waals surface area contributed by atoms with Gasteiger partial charge in [0.05, 0.1) is 28.7 Å². The summed E-state index contributed by atoms with van der Waals surface area (Å²) in [7, 11) is 0. The number of halogens is 2. The number of fused-ring (bicyclic) bond motifs is 3. The van der Waals surface area contributed by atoms with Gasteiger partial charge in [0.15, 0.2) is 0 Å². The number of aromatic nitrogens is 1. The molecule has 0 saturated heterocycles. The number of carboxylic acids is 1. The summed E-state index contributed by atoms with van der Waals surface area (Å²) < 4.78 is 20.6. The number of hydrogen-bond donors (Lipinski definition) is 2. The van der Waals surface area contributed by atoms with Crippen molar-refractivity contribution in [3.8, 4) is 0 Å². The molecule has 0 amide bonds. The number of carboxylic acid groups (broad SMARTS) is 1. The van der Waals surface area contributed by atoms with Crippen LogP contribution < -0.4 is 0 Å². The number of carbonyl (C=O) groups is 1. The van der Waals surface area contributed by atoms with E-state index in [1.165, 1.54) is 6.07 Å². The fourth-order valence-electron chi connectivity index (χ4n) is 3.71. The van der Waals surface area contributed by atoms with Gasteiger partial charge in [-0.2, -0.15) is 0 Å². The SMILES string of the molecule is CCCCC1(CC(=O)O)OCCc2c1[nH]c1c(C)cc(F)c(Br)c21. The minimum atomic E-state index is -0.889. The lowest BCUT2D eigenvalue weighted by Gasteiger charge is -2.36. The van der Waals surface area contributed by atoms with E-state index in [4.69, 9.17) is 4.74 Å². The number of unbranched alkanes of at least 4 members (excludes halogenated alkanes) is 1. The van der Waals surface area contributed by atoms with Crippen LogP contribution in [0.15, 0.2) is 10.5 Å². The van der Waals surface area contributed by atoms with E-state index in [0.717, 1.165) is 40.6 Å². The Morgan fingerprint density at radius 1 is 1.54 bits per heavy atom. The maximum absolute atomic E-state index is 14.2. The molecule has 24 heavy (non-hydrogen) atoms. The highest BCUT2D eigenvalue weighted by Gasteiger charge is 2.42. The second-order valence-electron chi connectivity index (χ2n) is 6.48. The highest BCUT2D eigenvalue weighted by molar-refractivity contribution is 9.10. The maximum Gasteiger partial charge on any atom is 0.306 e. The number of ether oxygens (including phenoxy) is 1. The summed E-state index contributed by atoms with van der Waals surface area (Å²) in [5, 5.41) is 10.2. The predicted molar refractivity (Wildman–Crippen MR) is 93.8 cm³/mol. The molecule has 4 nitrogen and oxygen atoms in total. The highest BCUT2D eigenvalue weighted by atomic mass is 79.9. The molecule has 1 atom stereocenters. The van der Waals surface area contributed by atoms with E-state index >= 15 is 0 Å². The highest BCUT2D eigenvalue weighted by Crippen LogP contribution is 2.45. The van der Waals surface area contributed by atoms with Gasteiger partial charge in [0, 0.05) is 5.39 Å². The molecule has 6 heteroatoms. The first-order valence-corrected chi connectivity index (χ1v) is 9.04. The number of aromatic amines is 1. The summed E-state index contributed by atoms with van der Waals surface area (Å²) in [6, 6.07) is 1.49. The Kier molecular flexibility index (Phi) is 4.71. The van der Waals surface area contributed by atoms with Crippen LogP contribution in [-0.2, 0) is 21.6 Å². The van der Waals surface area contributed by atoms with Crippen LogP contribution in [-0.4, -0.2) is 22.7 Å². The van der Waals surface area contributed by atoms with Gasteiger partial charge in [0.1, 0.15) is 11.4 Å². The van der Waals surface area contributed by atoms with Gasteiger partial charge < -0.3 is 14.8 Å². The first-order chi connectivity index (χ1) is 11.4. The molecule has 1 aromatic carbocycles. The molecule has 1 unspecified atom stereocenters. The zero-order chi connectivity index (χ0) is 17.5. The zero-order valence-electron chi connectivity index (χ0n) is 13.8. The van der Waals surface area contributed by atoms with Crippen LogP contribution in [0.3, 0.4) is 0 Å². The third-order valence-corrected chi connectivity index (χ3v) is 5.60. The Hall–Kier alpha value is -1.40. The van der Waals surface area contributed by atoms with Crippen molar-refractivity contribution in [3.05, 3.63) is 33.2 Å². The Bertz CT molecular complexity index is 801. The van der Waals surface area contributed by atoms with Crippen LogP contribution in [0.2, 0.25) is 0 Å². The number of aliphatic carboxylic acids is 1. The van der Waals surface area contributed by atoms with Crippen molar-refractivity contribution in [2.75, 3.05) is 6.61 Å². The molecule has 0 saturated carbocycles. The molecule has 2 heterocycles. The monoisotopic (exact) mass is 397 g/mol. The van der Waals surface area contributed by atoms with Crippen molar-refractivity contribution in [1.29, 1.82) is 0 Å². The van der Waals surface area contributed by atoms with Crippen molar-refractivity contribution >= 4 is 32.8 Å². The van der Waals surface area contributed by atoms with Gasteiger partial charge >= 0.3 is 5.97 Å². The van der Waals surface area contributed by atoms with Gasteiger partial charge in [-0.3, -0.25) is 4.79 Å². The standard InChI is InChI=1S/C18H21BrFNO3/c1-3-4-6-18(9-13(22)23)17-11(5-7-24-18)14-15(19)12(20)8-10(2)16(14)21-17/h8,21H,3-7,9H2,1-2H3,(H,22,23). The van der Waals surface area contributed by atoms with E-state index in [2.05, 4.69) is 27.8 Å². The minimum Gasteiger partial charge on any atom is -0.481 e. The van der Waals surface area contributed by atoms with Gasteiger partial charge in [-0.1, -0.05) is 19.8 Å². The molecule has 1 aliphatic rings. The summed E-state index contributed by atoms with van der Waals surface area (Å²) >= 11 is 3.36. The molecule has 1 aliphatic heterocycles. The second kappa shape index (κ2) is 6.48. The van der Waals surface area contributed by atoms with Crippen molar-refractivity contribution in [2.45, 2.75) is 51.6 Å². The molecule has 0 fully saturated rings. The fourth-order valence-corrected chi connectivity index (χ4v) is 4.26. The Morgan fingerprint density at radius 2 is 2.29 bits per heavy atom. The average Bonchev–Trinajstić information content (AvgIpc) is 2.92. The number of aryl methyl sites for hydroxylation is 1. The normalized spacial score (nSPS) is 20.3. The number of benzene rings is 1. The van der Waals surface area contributed by atoms with Crippen LogP contribution in [0.25, 0.3) is 10.9 Å². The molecular weight excluding hydrogens is 377 g/mol. The minimum absolute atomic E-state index is 0.0913. The lowest BCUT2D eigenvalue weighted by Crippen LogP contribution is -2.38. The van der Waals surface area contributed by atoms with Crippen LogP contribution >= 0.6 is 15.9 Å². The Morgan fingerprint density at radius 3 is 2.96 bits per heavy atom. The summed E-state index contributed by atoms with van der Waals surface area (Å²) in [5.74, 6) is -1.19. The summed E-state index contributed by atoms with van der Waals surface area (Å²) in [5.41, 5.74) is 2.57. The van der Waals surface area contributed by atoms with E-state index < -0.39 is 11.6 Å². The first-order valence-electron chi connectivity index (χ1n) is 8.25. The van der Waals surface area contributed by atoms with E-state index in [1.54, 1.807) is 0 Å². The lowest BCUT2D eigenvalue weighted by atomic mass is 9.84. The quantitative estimate of drug-likeness (QED) is 0.760. The van der Waals surface area contributed by atoms with Crippen molar-refractivity contribution in [2.24, 2.45) is 0 Å². The molecule has 0 aliphatic carbocycles. The Labute approximate surface area is 148 Å². The fraction of sp³-hybridized carbons (Fsp3) is 0.500. The average molecular weight is 398 g/mol. The summed E-state index contributed by atoms with van der Waals surface area (Å²) in [6.45, 7) is 4.37. The number of rotatable bonds is 5. The maximum atomic E-state index is 14.2. The lowest BCUT2D eigenvalue weighted by molar-refractivity contribution is -0.149. The van der Waals surface area contributed by atoms with E-state index in [0.29, 0.717) is 23.9 Å². The van der Waals surface area contributed by atoms with Crippen LogP contribution in [0.4, 0.5) is 4.39 Å². The van der Waals surface area contributed by atoms with E-state index in [-0.39, 0.29) is 12.2 Å². The van der Waals surface area contributed by atoms with Crippen LogP contribution in [0, 0.1) is 12.7 Å². The number of nitrogens with one attached hydrogen (secondary N) is 1. The van der Waals surface area contributed by atoms with Gasteiger partial charge in [-0.05, 0) is 52.9 Å². The van der Waals surface area contributed by atoms with Crippen molar-refractivity contribution < 1.29 is 19.0 Å². The number of hydrogen-bond acceptors (Lipinski definition) is 2. The molecule has 1 aromatic heterocycles. The van der Waals surface area contributed by atoms with E-state index in [9.17, 15) is 14.3 Å². The van der Waals surface area contributed by atoms with Crippen LogP contribution in [0.5, 0.6) is 0 Å².